The fourth-order valence-corrected chi connectivity index (χ4v) is 2.43. The number of hydrogen-bond donors (Lipinski definition) is 1. The number of ketones is 1. The van der Waals surface area contributed by atoms with Crippen molar-refractivity contribution in [2.75, 3.05) is 5.73 Å². The van der Waals surface area contributed by atoms with Crippen molar-refractivity contribution < 1.29 is 9.18 Å². The second kappa shape index (κ2) is 5.84. The molecule has 5 heteroatoms. The Morgan fingerprint density at radius 2 is 1.74 bits per heavy atom. The van der Waals surface area contributed by atoms with Crippen LogP contribution < -0.4 is 5.73 Å². The van der Waals surface area contributed by atoms with E-state index < -0.39 is 5.82 Å². The van der Waals surface area contributed by atoms with Crippen molar-refractivity contribution in [1.82, 2.24) is 0 Å². The Morgan fingerprint density at radius 3 is 2.37 bits per heavy atom. The van der Waals surface area contributed by atoms with Crippen LogP contribution >= 0.6 is 31.9 Å². The monoisotopic (exact) mass is 385 g/mol. The molecule has 2 rings (SSSR count). The standard InChI is InChI=1S/C14H10Br2FNO/c15-9-2-1-8(12(17)6-9)5-14(19)11-4-3-10(16)7-13(11)18/h1-4,6-7H,5,18H2. The molecule has 19 heavy (non-hydrogen) atoms. The zero-order valence-electron chi connectivity index (χ0n) is 9.79. The highest BCUT2D eigenvalue weighted by molar-refractivity contribution is 9.10. The third-order valence-corrected chi connectivity index (χ3v) is 3.67. The van der Waals surface area contributed by atoms with Gasteiger partial charge < -0.3 is 5.73 Å². The van der Waals surface area contributed by atoms with Crippen LogP contribution in [0.5, 0.6) is 0 Å². The first-order valence-electron chi connectivity index (χ1n) is 5.49. The molecule has 0 bridgehead atoms. The van der Waals surface area contributed by atoms with Gasteiger partial charge in [0.1, 0.15) is 5.82 Å². The van der Waals surface area contributed by atoms with E-state index in [1.807, 2.05) is 0 Å². The van der Waals surface area contributed by atoms with Crippen LogP contribution in [-0.4, -0.2) is 5.78 Å². The second-order valence-electron chi connectivity index (χ2n) is 4.07. The summed E-state index contributed by atoms with van der Waals surface area (Å²) < 4.78 is 15.1. The Balaban J connectivity index is 2.25. The zero-order chi connectivity index (χ0) is 14.0. The van der Waals surface area contributed by atoms with Gasteiger partial charge in [0.2, 0.25) is 0 Å². The molecule has 0 aliphatic heterocycles. The van der Waals surface area contributed by atoms with Gasteiger partial charge in [0.05, 0.1) is 0 Å². The molecule has 0 radical (unpaired) electrons. The van der Waals surface area contributed by atoms with E-state index in [1.54, 1.807) is 30.3 Å². The van der Waals surface area contributed by atoms with Crippen LogP contribution in [0.2, 0.25) is 0 Å². The summed E-state index contributed by atoms with van der Waals surface area (Å²) in [4.78, 5) is 12.1. The molecule has 2 aromatic rings. The third kappa shape index (κ3) is 3.42. The minimum Gasteiger partial charge on any atom is -0.398 e. The zero-order valence-corrected chi connectivity index (χ0v) is 13.0. The van der Waals surface area contributed by atoms with Crippen LogP contribution in [-0.2, 0) is 6.42 Å². The van der Waals surface area contributed by atoms with Crippen LogP contribution in [0, 0.1) is 5.82 Å². The molecule has 0 aliphatic carbocycles. The van der Waals surface area contributed by atoms with Gasteiger partial charge >= 0.3 is 0 Å². The van der Waals surface area contributed by atoms with Gasteiger partial charge in [-0.3, -0.25) is 4.79 Å². The molecular formula is C14H10Br2FNO. The minimum absolute atomic E-state index is 0.00898. The Kier molecular flexibility index (Phi) is 4.37. The number of Topliss-reactive ketones (excluding diaryl/α,β-unsaturated/α-hetero) is 1. The number of nitrogen functional groups attached to an aromatic ring is 1. The first kappa shape index (κ1) is 14.2. The predicted molar refractivity (Wildman–Crippen MR) is 80.7 cm³/mol. The molecule has 98 valence electrons. The summed E-state index contributed by atoms with van der Waals surface area (Å²) in [5.74, 6) is -0.607. The lowest BCUT2D eigenvalue weighted by atomic mass is 10.0. The van der Waals surface area contributed by atoms with E-state index in [2.05, 4.69) is 31.9 Å². The number of hydrogen-bond acceptors (Lipinski definition) is 2. The summed E-state index contributed by atoms with van der Waals surface area (Å²) in [7, 11) is 0. The van der Waals surface area contributed by atoms with Gasteiger partial charge in [-0.1, -0.05) is 37.9 Å². The summed E-state index contributed by atoms with van der Waals surface area (Å²) in [5.41, 5.74) is 6.94. The lowest BCUT2D eigenvalue weighted by Gasteiger charge is -2.06. The third-order valence-electron chi connectivity index (χ3n) is 2.68. The van der Waals surface area contributed by atoms with Crippen molar-refractivity contribution in [2.24, 2.45) is 0 Å². The van der Waals surface area contributed by atoms with Crippen molar-refractivity contribution in [3.8, 4) is 0 Å². The van der Waals surface area contributed by atoms with Crippen LogP contribution in [0.4, 0.5) is 10.1 Å². The fourth-order valence-electron chi connectivity index (χ4n) is 1.72. The lowest BCUT2D eigenvalue weighted by Crippen LogP contribution is -2.08. The maximum absolute atomic E-state index is 13.7. The van der Waals surface area contributed by atoms with Gasteiger partial charge in [-0.15, -0.1) is 0 Å². The summed E-state index contributed by atoms with van der Waals surface area (Å²) >= 11 is 6.45. The first-order valence-corrected chi connectivity index (χ1v) is 7.08. The largest absolute Gasteiger partial charge is 0.398 e. The molecule has 0 aliphatic rings. The Bertz CT molecular complexity index is 643. The number of rotatable bonds is 3. The van der Waals surface area contributed by atoms with E-state index in [0.717, 1.165) is 4.47 Å². The van der Waals surface area contributed by atoms with Gasteiger partial charge in [-0.05, 0) is 35.9 Å². The lowest BCUT2D eigenvalue weighted by molar-refractivity contribution is 0.0992. The van der Waals surface area contributed by atoms with E-state index in [4.69, 9.17) is 5.73 Å². The molecule has 2 nitrogen and oxygen atoms in total. The van der Waals surface area contributed by atoms with Gasteiger partial charge in [0, 0.05) is 26.6 Å². The van der Waals surface area contributed by atoms with Crippen LogP contribution in [0.3, 0.4) is 0 Å². The molecule has 0 unspecified atom stereocenters. The molecule has 2 N–H and O–H groups in total. The van der Waals surface area contributed by atoms with Crippen LogP contribution in [0.15, 0.2) is 45.3 Å². The maximum Gasteiger partial charge on any atom is 0.169 e. The molecule has 2 aromatic carbocycles. The smallest absolute Gasteiger partial charge is 0.169 e. The number of nitrogens with two attached hydrogens (primary N) is 1. The molecule has 0 aromatic heterocycles. The molecule has 0 spiro atoms. The van der Waals surface area contributed by atoms with E-state index >= 15 is 0 Å². The Hall–Kier alpha value is -1.20. The number of carbonyl (C=O) groups excluding carboxylic acids is 1. The highest BCUT2D eigenvalue weighted by Crippen LogP contribution is 2.22. The second-order valence-corrected chi connectivity index (χ2v) is 5.90. The number of anilines is 1. The highest BCUT2D eigenvalue weighted by Gasteiger charge is 2.13. The van der Waals surface area contributed by atoms with Gasteiger partial charge in [-0.2, -0.15) is 0 Å². The Morgan fingerprint density at radius 1 is 1.11 bits per heavy atom. The van der Waals surface area contributed by atoms with Crippen LogP contribution in [0.25, 0.3) is 0 Å². The van der Waals surface area contributed by atoms with Crippen molar-refractivity contribution in [3.05, 3.63) is 62.3 Å². The molecule has 0 fully saturated rings. The van der Waals surface area contributed by atoms with Crippen molar-refractivity contribution in [1.29, 1.82) is 0 Å². The molecule has 0 atom stereocenters. The average Bonchev–Trinajstić information content (AvgIpc) is 2.32. The minimum atomic E-state index is -0.404. The normalized spacial score (nSPS) is 10.5. The van der Waals surface area contributed by atoms with Crippen LogP contribution in [0.1, 0.15) is 15.9 Å². The van der Waals surface area contributed by atoms with E-state index in [0.29, 0.717) is 21.3 Å². The fraction of sp³-hybridized carbons (Fsp3) is 0.0714. The number of carbonyl (C=O) groups is 1. The summed E-state index contributed by atoms with van der Waals surface area (Å²) in [6.07, 6.45) is -0.00898. The molecular weight excluding hydrogens is 377 g/mol. The van der Waals surface area contributed by atoms with Gasteiger partial charge in [0.25, 0.3) is 0 Å². The molecule has 0 amide bonds. The SMILES string of the molecule is Nc1cc(Br)ccc1C(=O)Cc1ccc(Br)cc1F. The van der Waals surface area contributed by atoms with E-state index in [9.17, 15) is 9.18 Å². The summed E-state index contributed by atoms with van der Waals surface area (Å²) in [6.45, 7) is 0. The number of halogens is 3. The highest BCUT2D eigenvalue weighted by atomic mass is 79.9. The van der Waals surface area contributed by atoms with E-state index in [-0.39, 0.29) is 12.2 Å². The summed E-state index contributed by atoms with van der Waals surface area (Å²) in [5, 5.41) is 0. The average molecular weight is 387 g/mol. The summed E-state index contributed by atoms with van der Waals surface area (Å²) in [6, 6.07) is 9.67. The quantitative estimate of drug-likeness (QED) is 0.629. The molecule has 0 saturated heterocycles. The Labute approximate surface area is 127 Å². The van der Waals surface area contributed by atoms with Gasteiger partial charge in [0.15, 0.2) is 5.78 Å². The number of benzene rings is 2. The van der Waals surface area contributed by atoms with Crippen molar-refractivity contribution >= 4 is 43.3 Å². The molecule has 0 saturated carbocycles. The maximum atomic E-state index is 13.7. The van der Waals surface area contributed by atoms with E-state index in [1.165, 1.54) is 6.07 Å². The van der Waals surface area contributed by atoms with Crippen molar-refractivity contribution in [3.63, 3.8) is 0 Å². The first-order chi connectivity index (χ1) is 8.97. The molecule has 0 heterocycles. The topological polar surface area (TPSA) is 43.1 Å². The predicted octanol–water partition coefficient (Wildman–Crippen LogP) is 4.36. The van der Waals surface area contributed by atoms with Crippen molar-refractivity contribution in [2.45, 2.75) is 6.42 Å². The van der Waals surface area contributed by atoms with Gasteiger partial charge in [-0.25, -0.2) is 4.39 Å².